The van der Waals surface area contributed by atoms with Crippen molar-refractivity contribution in [3.05, 3.63) is 0 Å². The van der Waals surface area contributed by atoms with E-state index in [0.717, 1.165) is 31.7 Å². The van der Waals surface area contributed by atoms with Gasteiger partial charge in [-0.2, -0.15) is 0 Å². The van der Waals surface area contributed by atoms with Gasteiger partial charge < -0.3 is 19.7 Å². The standard InChI is InChI=1S/C22H35NO4/c1-4-23-10-11-5-6-17(27-3)22-13(11)8-15(20(22)23)21(25)9-16(26-2)12-7-14(22)18(21)19(12)24/h11-20,24-25H,4-10H2,1-3H3/t11-,12+,13?,14?,15?,16+,17?,18?,19+,20-,21+,22?/m0/s1. The van der Waals surface area contributed by atoms with E-state index >= 15 is 0 Å². The Morgan fingerprint density at radius 3 is 2.59 bits per heavy atom. The predicted molar refractivity (Wildman–Crippen MR) is 100 cm³/mol. The molecular formula is C22H35NO4. The van der Waals surface area contributed by atoms with Crippen molar-refractivity contribution in [3.63, 3.8) is 0 Å². The van der Waals surface area contributed by atoms with Gasteiger partial charge in [0.2, 0.25) is 0 Å². The number of likely N-dealkylation sites (tertiary alicyclic amines) is 1. The minimum Gasteiger partial charge on any atom is -0.392 e. The Labute approximate surface area is 162 Å². The fourth-order valence-electron chi connectivity index (χ4n) is 9.96. The Bertz CT molecular complexity index is 644. The number of aliphatic hydroxyl groups excluding tert-OH is 1. The van der Waals surface area contributed by atoms with Crippen LogP contribution in [-0.4, -0.2) is 72.4 Å². The molecule has 5 nitrogen and oxygen atoms in total. The van der Waals surface area contributed by atoms with E-state index in [1.807, 2.05) is 7.11 Å². The van der Waals surface area contributed by atoms with Crippen LogP contribution in [0.1, 0.15) is 39.0 Å². The summed E-state index contributed by atoms with van der Waals surface area (Å²) in [5.41, 5.74) is -0.669. The van der Waals surface area contributed by atoms with Crippen LogP contribution in [0.25, 0.3) is 0 Å². The highest BCUT2D eigenvalue weighted by molar-refractivity contribution is 5.31. The maximum absolute atomic E-state index is 12.2. The lowest BCUT2D eigenvalue weighted by molar-refractivity contribution is -0.259. The van der Waals surface area contributed by atoms with Gasteiger partial charge in [0, 0.05) is 56.4 Å². The molecule has 0 radical (unpaired) electrons. The number of nitrogens with zero attached hydrogens (tertiary/aromatic N) is 1. The van der Waals surface area contributed by atoms with Gasteiger partial charge in [0.1, 0.15) is 0 Å². The number of piperidine rings is 1. The van der Waals surface area contributed by atoms with E-state index < -0.39 is 11.7 Å². The number of fused-ring (bicyclic) bond motifs is 2. The number of hydrogen-bond donors (Lipinski definition) is 2. The Morgan fingerprint density at radius 2 is 1.89 bits per heavy atom. The van der Waals surface area contributed by atoms with E-state index in [4.69, 9.17) is 9.47 Å². The predicted octanol–water partition coefficient (Wildman–Crippen LogP) is 1.51. The molecule has 5 heteroatoms. The third kappa shape index (κ3) is 1.73. The summed E-state index contributed by atoms with van der Waals surface area (Å²) in [6.45, 7) is 4.52. The van der Waals surface area contributed by atoms with Gasteiger partial charge >= 0.3 is 0 Å². The van der Waals surface area contributed by atoms with Gasteiger partial charge in [-0.3, -0.25) is 4.90 Å². The fourth-order valence-corrected chi connectivity index (χ4v) is 9.96. The van der Waals surface area contributed by atoms with E-state index in [2.05, 4.69) is 11.8 Å². The molecule has 2 N–H and O–H groups in total. The van der Waals surface area contributed by atoms with Crippen LogP contribution in [0.2, 0.25) is 0 Å². The first-order valence-electron chi connectivity index (χ1n) is 11.2. The van der Waals surface area contributed by atoms with Crippen molar-refractivity contribution >= 4 is 0 Å². The molecule has 12 atom stereocenters. The first-order valence-corrected chi connectivity index (χ1v) is 11.2. The molecule has 6 rings (SSSR count). The molecule has 1 heterocycles. The van der Waals surface area contributed by atoms with E-state index in [9.17, 15) is 10.2 Å². The molecule has 7 bridgehead atoms. The SMILES string of the molecule is CCN1C[C@@H]2CCC(OC)C34C5C[C@@H]6[C@H](OC)C[C@@](O)(C(CC23)[C@H]14)C5[C@@H]6O. The van der Waals surface area contributed by atoms with Crippen LogP contribution < -0.4 is 0 Å². The first kappa shape index (κ1) is 17.6. The zero-order chi connectivity index (χ0) is 18.7. The van der Waals surface area contributed by atoms with Crippen LogP contribution in [0, 0.1) is 40.9 Å². The lowest BCUT2D eigenvalue weighted by Crippen LogP contribution is -2.74. The molecule has 0 aromatic carbocycles. The molecule has 27 heavy (non-hydrogen) atoms. The summed E-state index contributed by atoms with van der Waals surface area (Å²) in [4.78, 5) is 2.69. The summed E-state index contributed by atoms with van der Waals surface area (Å²) in [5.74, 6) is 2.17. The second-order valence-corrected chi connectivity index (χ2v) is 10.5. The summed E-state index contributed by atoms with van der Waals surface area (Å²) >= 11 is 0. The Morgan fingerprint density at radius 1 is 1.07 bits per heavy atom. The van der Waals surface area contributed by atoms with Gasteiger partial charge in [0.25, 0.3) is 0 Å². The molecule has 1 saturated heterocycles. The second kappa shape index (κ2) is 5.48. The third-order valence-corrected chi connectivity index (χ3v) is 10.5. The first-order chi connectivity index (χ1) is 13.0. The summed E-state index contributed by atoms with van der Waals surface area (Å²) < 4.78 is 12.1. The zero-order valence-electron chi connectivity index (χ0n) is 16.9. The van der Waals surface area contributed by atoms with Crippen molar-refractivity contribution in [2.24, 2.45) is 40.9 Å². The van der Waals surface area contributed by atoms with E-state index in [1.165, 1.54) is 13.0 Å². The second-order valence-electron chi connectivity index (χ2n) is 10.5. The zero-order valence-corrected chi connectivity index (χ0v) is 16.9. The maximum Gasteiger partial charge on any atom is 0.0771 e. The average molecular weight is 378 g/mol. The number of hydrogen-bond acceptors (Lipinski definition) is 5. The quantitative estimate of drug-likeness (QED) is 0.781. The molecular weight excluding hydrogens is 342 g/mol. The summed E-state index contributed by atoms with van der Waals surface area (Å²) in [7, 11) is 3.65. The molecule has 0 amide bonds. The lowest BCUT2D eigenvalue weighted by atomic mass is 9.46. The Balaban J connectivity index is 1.57. The molecule has 5 saturated carbocycles. The topological polar surface area (TPSA) is 62.2 Å². The van der Waals surface area contributed by atoms with Crippen LogP contribution in [-0.2, 0) is 9.47 Å². The number of ether oxygens (including phenoxy) is 2. The minimum absolute atomic E-state index is 0.00774. The smallest absolute Gasteiger partial charge is 0.0771 e. The fraction of sp³-hybridized carbons (Fsp3) is 1.00. The van der Waals surface area contributed by atoms with Gasteiger partial charge in [-0.05, 0) is 50.0 Å². The van der Waals surface area contributed by atoms with Crippen LogP contribution in [0.15, 0.2) is 0 Å². The van der Waals surface area contributed by atoms with E-state index in [-0.39, 0.29) is 35.4 Å². The molecule has 0 aromatic heterocycles. The Hall–Kier alpha value is -0.200. The molecule has 152 valence electrons. The Kier molecular flexibility index (Phi) is 3.58. The van der Waals surface area contributed by atoms with Crippen molar-refractivity contribution in [1.29, 1.82) is 0 Å². The van der Waals surface area contributed by atoms with Gasteiger partial charge in [-0.1, -0.05) is 6.92 Å². The average Bonchev–Trinajstić information content (AvgIpc) is 3.06. The van der Waals surface area contributed by atoms with E-state index in [0.29, 0.717) is 24.3 Å². The molecule has 6 unspecified atom stereocenters. The minimum atomic E-state index is -0.786. The van der Waals surface area contributed by atoms with Crippen molar-refractivity contribution < 1.29 is 19.7 Å². The normalized spacial score (nSPS) is 63.4. The van der Waals surface area contributed by atoms with E-state index in [1.54, 1.807) is 7.11 Å². The number of rotatable bonds is 3. The summed E-state index contributed by atoms with van der Waals surface area (Å²) in [6, 6.07) is 0.404. The molecule has 6 fully saturated rings. The maximum atomic E-state index is 12.2. The molecule has 1 aliphatic heterocycles. The van der Waals surface area contributed by atoms with Crippen molar-refractivity contribution in [3.8, 4) is 0 Å². The third-order valence-electron chi connectivity index (χ3n) is 10.5. The van der Waals surface area contributed by atoms with Gasteiger partial charge in [0.05, 0.1) is 23.9 Å². The monoisotopic (exact) mass is 377 g/mol. The highest BCUT2D eigenvalue weighted by Gasteiger charge is 2.81. The number of aliphatic hydroxyl groups is 2. The van der Waals surface area contributed by atoms with Gasteiger partial charge in [0.15, 0.2) is 0 Å². The van der Waals surface area contributed by atoms with Crippen molar-refractivity contribution in [1.82, 2.24) is 4.90 Å². The summed E-state index contributed by atoms with van der Waals surface area (Å²) in [5, 5.41) is 23.5. The lowest BCUT2D eigenvalue weighted by Gasteiger charge is -2.67. The molecule has 5 aliphatic carbocycles. The van der Waals surface area contributed by atoms with Crippen molar-refractivity contribution in [2.75, 3.05) is 27.3 Å². The van der Waals surface area contributed by atoms with Gasteiger partial charge in [-0.15, -0.1) is 0 Å². The molecule has 0 aromatic rings. The highest BCUT2D eigenvalue weighted by atomic mass is 16.5. The van der Waals surface area contributed by atoms with Crippen molar-refractivity contribution in [2.45, 2.75) is 69.0 Å². The van der Waals surface area contributed by atoms with Crippen LogP contribution in [0.5, 0.6) is 0 Å². The highest BCUT2D eigenvalue weighted by Crippen LogP contribution is 2.77. The number of methoxy groups -OCH3 is 2. The summed E-state index contributed by atoms with van der Waals surface area (Å²) in [6.07, 6.45) is 5.04. The molecule has 1 spiro atoms. The van der Waals surface area contributed by atoms with Crippen LogP contribution >= 0.6 is 0 Å². The van der Waals surface area contributed by atoms with Crippen LogP contribution in [0.4, 0.5) is 0 Å². The molecule has 6 aliphatic rings. The van der Waals surface area contributed by atoms with Crippen LogP contribution in [0.3, 0.4) is 0 Å². The largest absolute Gasteiger partial charge is 0.392 e. The van der Waals surface area contributed by atoms with Gasteiger partial charge in [-0.25, -0.2) is 0 Å².